The standard InChI is InChI=1S/C21H23N5O3S/c1-14-5-3-6-15(11-14)20-24-25-21(30)26(20)10-9-18(27)23-16-7-4-8-17(12-16)29-13-19(28)22-2/h3-8,11-12H,9-10,13H2,1-2H3,(H,22,28)(H,23,27)(H,25,30). The fourth-order valence-electron chi connectivity index (χ4n) is 2.85. The number of aromatic nitrogens is 3. The van der Waals surface area contributed by atoms with Crippen LogP contribution >= 0.6 is 12.2 Å². The smallest absolute Gasteiger partial charge is 0.257 e. The molecule has 0 unspecified atom stereocenters. The minimum absolute atomic E-state index is 0.0889. The minimum Gasteiger partial charge on any atom is -0.484 e. The Hall–Kier alpha value is -3.46. The molecule has 0 spiro atoms. The molecular formula is C21H23N5O3S. The van der Waals surface area contributed by atoms with Crippen molar-refractivity contribution < 1.29 is 14.3 Å². The first-order valence-electron chi connectivity index (χ1n) is 9.42. The molecule has 0 radical (unpaired) electrons. The Morgan fingerprint density at radius 2 is 1.97 bits per heavy atom. The lowest BCUT2D eigenvalue weighted by Crippen LogP contribution is -2.24. The van der Waals surface area contributed by atoms with E-state index in [-0.39, 0.29) is 24.8 Å². The number of ether oxygens (including phenoxy) is 1. The van der Waals surface area contributed by atoms with Gasteiger partial charge in [0.05, 0.1) is 0 Å². The van der Waals surface area contributed by atoms with Gasteiger partial charge in [0.1, 0.15) is 5.75 Å². The van der Waals surface area contributed by atoms with Crippen LogP contribution < -0.4 is 15.4 Å². The number of hydrogen-bond acceptors (Lipinski definition) is 5. The molecule has 0 atom stereocenters. The third kappa shape index (κ3) is 5.54. The number of nitrogens with one attached hydrogen (secondary N) is 3. The fourth-order valence-corrected chi connectivity index (χ4v) is 3.07. The molecule has 2 amide bonds. The van der Waals surface area contributed by atoms with E-state index in [2.05, 4.69) is 20.8 Å². The van der Waals surface area contributed by atoms with Gasteiger partial charge in [-0.25, -0.2) is 0 Å². The van der Waals surface area contributed by atoms with Crippen molar-refractivity contribution in [2.75, 3.05) is 19.0 Å². The molecule has 0 fully saturated rings. The van der Waals surface area contributed by atoms with Gasteiger partial charge in [-0.3, -0.25) is 19.3 Å². The number of aromatic amines is 1. The normalized spacial score (nSPS) is 10.5. The Bertz CT molecular complexity index is 1110. The average Bonchev–Trinajstić information content (AvgIpc) is 3.11. The molecule has 3 aromatic rings. The highest BCUT2D eigenvalue weighted by Gasteiger charge is 2.11. The molecule has 1 aromatic heterocycles. The van der Waals surface area contributed by atoms with E-state index >= 15 is 0 Å². The summed E-state index contributed by atoms with van der Waals surface area (Å²) in [6.07, 6.45) is 0.218. The number of anilines is 1. The summed E-state index contributed by atoms with van der Waals surface area (Å²) in [5, 5.41) is 12.4. The zero-order valence-corrected chi connectivity index (χ0v) is 17.6. The number of benzene rings is 2. The van der Waals surface area contributed by atoms with Crippen molar-refractivity contribution in [1.29, 1.82) is 0 Å². The summed E-state index contributed by atoms with van der Waals surface area (Å²) >= 11 is 5.33. The van der Waals surface area contributed by atoms with Crippen molar-refractivity contribution in [2.24, 2.45) is 0 Å². The van der Waals surface area contributed by atoms with Gasteiger partial charge in [0.15, 0.2) is 17.2 Å². The van der Waals surface area contributed by atoms with E-state index in [0.717, 1.165) is 11.1 Å². The second-order valence-corrected chi connectivity index (χ2v) is 7.05. The average molecular weight is 426 g/mol. The van der Waals surface area contributed by atoms with Crippen LogP contribution in [0.2, 0.25) is 0 Å². The highest BCUT2D eigenvalue weighted by molar-refractivity contribution is 7.71. The molecule has 0 bridgehead atoms. The number of carbonyl (C=O) groups excluding carboxylic acids is 2. The Balaban J connectivity index is 1.63. The molecule has 0 saturated carbocycles. The molecule has 0 saturated heterocycles. The van der Waals surface area contributed by atoms with Crippen LogP contribution in [0.5, 0.6) is 5.75 Å². The molecule has 1 heterocycles. The first-order chi connectivity index (χ1) is 14.5. The highest BCUT2D eigenvalue weighted by Crippen LogP contribution is 2.20. The maximum absolute atomic E-state index is 12.5. The second kappa shape index (κ2) is 9.84. The number of hydrogen-bond donors (Lipinski definition) is 3. The lowest BCUT2D eigenvalue weighted by molar-refractivity contribution is -0.122. The Labute approximate surface area is 179 Å². The maximum Gasteiger partial charge on any atom is 0.257 e. The summed E-state index contributed by atoms with van der Waals surface area (Å²) < 4.78 is 7.67. The van der Waals surface area contributed by atoms with Gasteiger partial charge in [0.2, 0.25) is 5.91 Å². The molecule has 0 aliphatic rings. The van der Waals surface area contributed by atoms with E-state index in [1.54, 1.807) is 31.3 Å². The molecule has 3 rings (SSSR count). The van der Waals surface area contributed by atoms with Gasteiger partial charge in [-0.05, 0) is 37.3 Å². The fraction of sp³-hybridized carbons (Fsp3) is 0.238. The predicted octanol–water partition coefficient (Wildman–Crippen LogP) is 3.07. The molecule has 9 heteroatoms. The molecule has 3 N–H and O–H groups in total. The van der Waals surface area contributed by atoms with E-state index in [1.165, 1.54) is 0 Å². The topological polar surface area (TPSA) is 101 Å². The van der Waals surface area contributed by atoms with E-state index in [0.29, 0.717) is 28.6 Å². The first-order valence-corrected chi connectivity index (χ1v) is 9.82. The summed E-state index contributed by atoms with van der Waals surface area (Å²) in [6.45, 7) is 2.31. The van der Waals surface area contributed by atoms with Crippen LogP contribution in [0.25, 0.3) is 11.4 Å². The predicted molar refractivity (Wildman–Crippen MR) is 117 cm³/mol. The third-order valence-corrected chi connectivity index (χ3v) is 4.68. The van der Waals surface area contributed by atoms with Gasteiger partial charge in [0, 0.05) is 37.3 Å². The highest BCUT2D eigenvalue weighted by atomic mass is 32.1. The number of nitrogens with zero attached hydrogens (tertiary/aromatic N) is 2. The number of rotatable bonds is 8. The quantitative estimate of drug-likeness (QED) is 0.482. The summed E-state index contributed by atoms with van der Waals surface area (Å²) in [6, 6.07) is 14.8. The maximum atomic E-state index is 12.5. The Morgan fingerprint density at radius 3 is 2.73 bits per heavy atom. The van der Waals surface area contributed by atoms with Crippen LogP contribution in [0.3, 0.4) is 0 Å². The zero-order valence-electron chi connectivity index (χ0n) is 16.8. The van der Waals surface area contributed by atoms with E-state index in [9.17, 15) is 9.59 Å². The number of carbonyl (C=O) groups is 2. The number of amides is 2. The van der Waals surface area contributed by atoms with Crippen molar-refractivity contribution in [2.45, 2.75) is 19.9 Å². The van der Waals surface area contributed by atoms with Gasteiger partial charge in [0.25, 0.3) is 5.91 Å². The zero-order chi connectivity index (χ0) is 21.5. The van der Waals surface area contributed by atoms with Gasteiger partial charge < -0.3 is 15.4 Å². The number of H-pyrrole nitrogens is 1. The lowest BCUT2D eigenvalue weighted by atomic mass is 10.1. The third-order valence-electron chi connectivity index (χ3n) is 4.36. The number of likely N-dealkylation sites (N-methyl/N-ethyl adjacent to an activating group) is 1. The van der Waals surface area contributed by atoms with Crippen molar-refractivity contribution in [3.63, 3.8) is 0 Å². The van der Waals surface area contributed by atoms with Crippen molar-refractivity contribution in [3.05, 3.63) is 58.9 Å². The van der Waals surface area contributed by atoms with Crippen LogP contribution in [0.1, 0.15) is 12.0 Å². The van der Waals surface area contributed by atoms with Crippen molar-refractivity contribution in [3.8, 4) is 17.1 Å². The molecule has 30 heavy (non-hydrogen) atoms. The molecule has 8 nitrogen and oxygen atoms in total. The van der Waals surface area contributed by atoms with Crippen molar-refractivity contribution in [1.82, 2.24) is 20.1 Å². The second-order valence-electron chi connectivity index (χ2n) is 6.66. The van der Waals surface area contributed by atoms with E-state index in [1.807, 2.05) is 35.8 Å². The SMILES string of the molecule is CNC(=O)COc1cccc(NC(=O)CCn2c(-c3cccc(C)c3)n[nH]c2=S)c1. The Morgan fingerprint density at radius 1 is 1.17 bits per heavy atom. The summed E-state index contributed by atoms with van der Waals surface area (Å²) in [4.78, 5) is 23.7. The van der Waals surface area contributed by atoms with Crippen LogP contribution in [-0.4, -0.2) is 40.2 Å². The molecule has 2 aromatic carbocycles. The van der Waals surface area contributed by atoms with Crippen LogP contribution in [0, 0.1) is 11.7 Å². The van der Waals surface area contributed by atoms with Crippen molar-refractivity contribution >= 4 is 29.7 Å². The van der Waals surface area contributed by atoms with Gasteiger partial charge in [-0.2, -0.15) is 5.10 Å². The largest absolute Gasteiger partial charge is 0.484 e. The summed E-state index contributed by atoms with van der Waals surface area (Å²) in [5.74, 6) is 0.790. The molecule has 0 aliphatic carbocycles. The van der Waals surface area contributed by atoms with Gasteiger partial charge in [-0.15, -0.1) is 0 Å². The van der Waals surface area contributed by atoms with E-state index < -0.39 is 0 Å². The monoisotopic (exact) mass is 425 g/mol. The minimum atomic E-state index is -0.231. The van der Waals surface area contributed by atoms with Crippen LogP contribution in [0.4, 0.5) is 5.69 Å². The van der Waals surface area contributed by atoms with Crippen LogP contribution in [0.15, 0.2) is 48.5 Å². The first kappa shape index (κ1) is 21.3. The molecular weight excluding hydrogens is 402 g/mol. The van der Waals surface area contributed by atoms with E-state index in [4.69, 9.17) is 17.0 Å². The summed E-state index contributed by atoms with van der Waals surface area (Å²) in [5.41, 5.74) is 2.64. The Kier molecular flexibility index (Phi) is 6.97. The molecule has 0 aliphatic heterocycles. The van der Waals surface area contributed by atoms with Crippen LogP contribution in [-0.2, 0) is 16.1 Å². The summed E-state index contributed by atoms with van der Waals surface area (Å²) in [7, 11) is 1.54. The van der Waals surface area contributed by atoms with Gasteiger partial charge in [-0.1, -0.05) is 29.8 Å². The lowest BCUT2D eigenvalue weighted by Gasteiger charge is -2.10. The van der Waals surface area contributed by atoms with Gasteiger partial charge >= 0.3 is 0 Å². The number of aryl methyl sites for hydroxylation is 1. The molecule has 156 valence electrons.